The zero-order valence-corrected chi connectivity index (χ0v) is 16.9. The van der Waals surface area contributed by atoms with Crippen LogP contribution in [0.25, 0.3) is 28.2 Å². The Bertz CT molecular complexity index is 1220. The van der Waals surface area contributed by atoms with Crippen molar-refractivity contribution < 1.29 is 9.47 Å². The van der Waals surface area contributed by atoms with E-state index in [0.717, 1.165) is 40.2 Å². The Morgan fingerprint density at radius 2 is 1.90 bits per heavy atom. The Labute approximate surface area is 167 Å². The van der Waals surface area contributed by atoms with Crippen LogP contribution in [0.1, 0.15) is 23.9 Å². The first kappa shape index (κ1) is 18.9. The largest absolute Gasteiger partial charge is 0.497 e. The molecular formula is C21H23N5O3. The van der Waals surface area contributed by atoms with Crippen molar-refractivity contribution in [2.75, 3.05) is 14.2 Å². The second-order valence-corrected chi connectivity index (χ2v) is 6.79. The summed E-state index contributed by atoms with van der Waals surface area (Å²) in [5.74, 6) is 0.756. The van der Waals surface area contributed by atoms with Gasteiger partial charge in [-0.1, -0.05) is 19.1 Å². The van der Waals surface area contributed by atoms with Crippen LogP contribution in [0.3, 0.4) is 0 Å². The molecule has 0 amide bonds. The van der Waals surface area contributed by atoms with Gasteiger partial charge in [0.2, 0.25) is 0 Å². The van der Waals surface area contributed by atoms with Gasteiger partial charge in [-0.25, -0.2) is 9.50 Å². The van der Waals surface area contributed by atoms with E-state index < -0.39 is 0 Å². The number of nitrogens with zero attached hydrogens (tertiary/aromatic N) is 3. The summed E-state index contributed by atoms with van der Waals surface area (Å²) >= 11 is 0. The van der Waals surface area contributed by atoms with Gasteiger partial charge in [-0.15, -0.1) is 0 Å². The molecule has 8 heteroatoms. The molecule has 0 saturated carbocycles. The summed E-state index contributed by atoms with van der Waals surface area (Å²) in [6, 6.07) is 9.13. The van der Waals surface area contributed by atoms with E-state index in [4.69, 9.17) is 14.5 Å². The maximum Gasteiger partial charge on any atom is 0.273 e. The second-order valence-electron chi connectivity index (χ2n) is 6.79. The summed E-state index contributed by atoms with van der Waals surface area (Å²) in [6.07, 6.45) is 0.833. The number of benzene rings is 1. The third-order valence-corrected chi connectivity index (χ3v) is 5.06. The van der Waals surface area contributed by atoms with Crippen LogP contribution in [-0.4, -0.2) is 39.0 Å². The predicted octanol–water partition coefficient (Wildman–Crippen LogP) is 3.11. The second kappa shape index (κ2) is 7.56. The minimum Gasteiger partial charge on any atom is -0.497 e. The van der Waals surface area contributed by atoms with Crippen LogP contribution in [0.2, 0.25) is 0 Å². The molecule has 0 radical (unpaired) electrons. The Hall–Kier alpha value is -3.39. The minimum atomic E-state index is -0.206. The lowest BCUT2D eigenvalue weighted by atomic mass is 10.1. The molecule has 4 aromatic rings. The van der Waals surface area contributed by atoms with Crippen LogP contribution in [0.5, 0.6) is 5.75 Å². The number of aryl methyl sites for hydroxylation is 1. The maximum absolute atomic E-state index is 12.9. The van der Waals surface area contributed by atoms with E-state index >= 15 is 0 Å². The summed E-state index contributed by atoms with van der Waals surface area (Å²) in [7, 11) is 3.24. The summed E-state index contributed by atoms with van der Waals surface area (Å²) < 4.78 is 12.0. The zero-order valence-electron chi connectivity index (χ0n) is 16.9. The van der Waals surface area contributed by atoms with Crippen LogP contribution in [0.15, 0.2) is 35.1 Å². The molecule has 0 atom stereocenters. The molecular weight excluding hydrogens is 370 g/mol. The van der Waals surface area contributed by atoms with Gasteiger partial charge in [0.1, 0.15) is 11.4 Å². The first-order chi connectivity index (χ1) is 14.1. The van der Waals surface area contributed by atoms with Gasteiger partial charge >= 0.3 is 0 Å². The van der Waals surface area contributed by atoms with Crippen molar-refractivity contribution in [2.45, 2.75) is 26.9 Å². The van der Waals surface area contributed by atoms with E-state index in [1.807, 2.05) is 31.2 Å². The molecule has 0 aliphatic carbocycles. The monoisotopic (exact) mass is 393 g/mol. The smallest absolute Gasteiger partial charge is 0.273 e. The predicted molar refractivity (Wildman–Crippen MR) is 110 cm³/mol. The standard InChI is InChI=1S/C21H23N5O3/c1-5-15-12(2)20(24-23-15)16-10-18(27)26-21(22-16)19(17(25-26)11-28-3)13-6-8-14(29-4)9-7-13/h6-10,25H,5,11H2,1-4H3,(H,23,24). The molecule has 0 bridgehead atoms. The van der Waals surface area contributed by atoms with Crippen LogP contribution in [0.4, 0.5) is 0 Å². The molecule has 0 spiro atoms. The Morgan fingerprint density at radius 1 is 1.14 bits per heavy atom. The lowest BCUT2D eigenvalue weighted by Gasteiger charge is -2.05. The Kier molecular flexibility index (Phi) is 4.94. The SMILES string of the molecule is CCc1[nH]nc(-c2cc(=O)n3[nH]c(COC)c(-c4ccc(OC)cc4)c3n2)c1C. The van der Waals surface area contributed by atoms with Crippen molar-refractivity contribution in [2.24, 2.45) is 0 Å². The number of hydrogen-bond donors (Lipinski definition) is 2. The van der Waals surface area contributed by atoms with E-state index in [1.54, 1.807) is 14.2 Å². The maximum atomic E-state index is 12.9. The summed E-state index contributed by atoms with van der Waals surface area (Å²) in [6.45, 7) is 4.36. The molecule has 0 aliphatic heterocycles. The third kappa shape index (κ3) is 3.21. The lowest BCUT2D eigenvalue weighted by Crippen LogP contribution is -2.14. The van der Waals surface area contributed by atoms with Crippen molar-refractivity contribution >= 4 is 5.65 Å². The molecule has 0 aliphatic rings. The van der Waals surface area contributed by atoms with Crippen LogP contribution in [0, 0.1) is 6.92 Å². The number of hydrogen-bond acceptors (Lipinski definition) is 5. The molecule has 8 nitrogen and oxygen atoms in total. The van der Waals surface area contributed by atoms with E-state index in [9.17, 15) is 4.79 Å². The number of methoxy groups -OCH3 is 2. The molecule has 0 unspecified atom stereocenters. The molecule has 0 fully saturated rings. The van der Waals surface area contributed by atoms with Crippen molar-refractivity contribution in [3.8, 4) is 28.3 Å². The van der Waals surface area contributed by atoms with E-state index in [2.05, 4.69) is 22.2 Å². The Balaban J connectivity index is 1.97. The number of nitrogens with one attached hydrogen (secondary N) is 2. The molecule has 150 valence electrons. The van der Waals surface area contributed by atoms with Crippen molar-refractivity contribution in [1.29, 1.82) is 0 Å². The lowest BCUT2D eigenvalue weighted by molar-refractivity contribution is 0.181. The average molecular weight is 393 g/mol. The van der Waals surface area contributed by atoms with Crippen LogP contribution in [-0.2, 0) is 17.8 Å². The molecule has 4 rings (SSSR count). The topological polar surface area (TPSA) is 97.3 Å². The van der Waals surface area contributed by atoms with Crippen LogP contribution < -0.4 is 10.3 Å². The molecule has 1 aromatic carbocycles. The number of H-pyrrole nitrogens is 2. The van der Waals surface area contributed by atoms with Gasteiger partial charge in [-0.2, -0.15) is 5.10 Å². The Morgan fingerprint density at radius 3 is 2.52 bits per heavy atom. The van der Waals surface area contributed by atoms with Crippen molar-refractivity contribution in [3.05, 3.63) is 57.6 Å². The highest BCUT2D eigenvalue weighted by atomic mass is 16.5. The fourth-order valence-corrected chi connectivity index (χ4v) is 3.54. The quantitative estimate of drug-likeness (QED) is 0.525. The van der Waals surface area contributed by atoms with Gasteiger partial charge in [-0.3, -0.25) is 15.0 Å². The summed E-state index contributed by atoms with van der Waals surface area (Å²) in [5, 5.41) is 10.5. The van der Waals surface area contributed by atoms with Crippen molar-refractivity contribution in [1.82, 2.24) is 24.8 Å². The van der Waals surface area contributed by atoms with Gasteiger partial charge in [0.15, 0.2) is 5.65 Å². The van der Waals surface area contributed by atoms with Crippen molar-refractivity contribution in [3.63, 3.8) is 0 Å². The highest BCUT2D eigenvalue weighted by Gasteiger charge is 2.19. The fraction of sp³-hybridized carbons (Fsp3) is 0.286. The first-order valence-corrected chi connectivity index (χ1v) is 9.39. The van der Waals surface area contributed by atoms with Crippen LogP contribution >= 0.6 is 0 Å². The molecule has 29 heavy (non-hydrogen) atoms. The number of fused-ring (bicyclic) bond motifs is 1. The number of rotatable bonds is 6. The van der Waals surface area contributed by atoms with Gasteiger partial charge in [0.05, 0.1) is 25.1 Å². The highest BCUT2D eigenvalue weighted by Crippen LogP contribution is 2.30. The highest BCUT2D eigenvalue weighted by molar-refractivity contribution is 5.81. The van der Waals surface area contributed by atoms with Gasteiger partial charge < -0.3 is 9.47 Å². The van der Waals surface area contributed by atoms with Gasteiger partial charge in [-0.05, 0) is 36.6 Å². The summed E-state index contributed by atoms with van der Waals surface area (Å²) in [5.41, 5.74) is 6.10. The molecule has 0 saturated heterocycles. The third-order valence-electron chi connectivity index (χ3n) is 5.06. The van der Waals surface area contributed by atoms with E-state index in [-0.39, 0.29) is 5.56 Å². The number of aromatic nitrogens is 5. The normalized spacial score (nSPS) is 11.3. The van der Waals surface area contributed by atoms with E-state index in [0.29, 0.717) is 23.6 Å². The molecule has 2 N–H and O–H groups in total. The summed E-state index contributed by atoms with van der Waals surface area (Å²) in [4.78, 5) is 17.7. The molecule has 3 heterocycles. The number of ether oxygens (including phenoxy) is 2. The first-order valence-electron chi connectivity index (χ1n) is 9.39. The number of aromatic amines is 2. The molecule has 3 aromatic heterocycles. The average Bonchev–Trinajstić information content (AvgIpc) is 3.28. The van der Waals surface area contributed by atoms with Gasteiger partial charge in [0, 0.05) is 24.4 Å². The zero-order chi connectivity index (χ0) is 20.5. The van der Waals surface area contributed by atoms with E-state index in [1.165, 1.54) is 10.6 Å². The van der Waals surface area contributed by atoms with Gasteiger partial charge in [0.25, 0.3) is 5.56 Å². The fourth-order valence-electron chi connectivity index (χ4n) is 3.54. The minimum absolute atomic E-state index is 0.206.